The lowest BCUT2D eigenvalue weighted by Crippen LogP contribution is -2.59. The van der Waals surface area contributed by atoms with Gasteiger partial charge < -0.3 is 0 Å². The molecular formula is C10H15N2O2+. The quantitative estimate of drug-likeness (QED) is 0.670. The minimum absolute atomic E-state index is 0.314. The normalized spacial score (nSPS) is 35.9. The Bertz CT molecular complexity index is 291. The Balaban J connectivity index is 1.68. The molecule has 3 aliphatic rings. The van der Waals surface area contributed by atoms with Crippen LogP contribution in [0, 0.1) is 5.92 Å². The highest BCUT2D eigenvalue weighted by atomic mass is 16.8. The van der Waals surface area contributed by atoms with E-state index < -0.39 is 0 Å². The van der Waals surface area contributed by atoms with Gasteiger partial charge in [-0.25, -0.2) is 4.84 Å². The van der Waals surface area contributed by atoms with Crippen molar-refractivity contribution in [1.29, 1.82) is 0 Å². The standard InChI is InChI=1S/C10H15N2O2/c1-4-12(13-7-1)14-10-8-11-5-2-9(10)3-6-11/h1,4,7,9-10H,2-3,5-6,8H2/q+1/t10-/m0/s1. The van der Waals surface area contributed by atoms with Gasteiger partial charge in [-0.3, -0.25) is 4.90 Å². The third-order valence-electron chi connectivity index (χ3n) is 3.29. The molecule has 0 aliphatic carbocycles. The van der Waals surface area contributed by atoms with Gasteiger partial charge in [-0.2, -0.15) is 4.52 Å². The maximum Gasteiger partial charge on any atom is 0.280 e. The van der Waals surface area contributed by atoms with E-state index in [1.165, 1.54) is 30.8 Å². The number of hydrogen-bond donors (Lipinski definition) is 0. The van der Waals surface area contributed by atoms with E-state index in [0.29, 0.717) is 6.10 Å². The highest BCUT2D eigenvalue weighted by Gasteiger charge is 2.38. The first-order chi connectivity index (χ1) is 6.92. The molecule has 0 spiro atoms. The molecule has 4 rings (SSSR count). The van der Waals surface area contributed by atoms with Crippen molar-refractivity contribution in [3.05, 3.63) is 18.5 Å². The number of rotatable bonds is 2. The molecule has 0 N–H and O–H groups in total. The van der Waals surface area contributed by atoms with Gasteiger partial charge in [0.15, 0.2) is 12.4 Å². The molecule has 2 bridgehead atoms. The van der Waals surface area contributed by atoms with Crippen LogP contribution in [0.3, 0.4) is 0 Å². The van der Waals surface area contributed by atoms with Crippen LogP contribution >= 0.6 is 0 Å². The Kier molecular flexibility index (Phi) is 1.94. The lowest BCUT2D eigenvalue weighted by atomic mass is 9.86. The number of piperidine rings is 3. The molecule has 0 radical (unpaired) electrons. The molecule has 0 amide bonds. The van der Waals surface area contributed by atoms with Crippen molar-refractivity contribution in [3.63, 3.8) is 0 Å². The molecule has 1 atom stereocenters. The summed E-state index contributed by atoms with van der Waals surface area (Å²) in [5.74, 6) is 0.720. The highest BCUT2D eigenvalue weighted by molar-refractivity contribution is 4.86. The summed E-state index contributed by atoms with van der Waals surface area (Å²) in [5.41, 5.74) is 0. The molecule has 4 heteroatoms. The highest BCUT2D eigenvalue weighted by Crippen LogP contribution is 2.27. The molecule has 14 heavy (non-hydrogen) atoms. The number of fused-ring (bicyclic) bond motifs is 3. The molecule has 1 aromatic heterocycles. The van der Waals surface area contributed by atoms with Gasteiger partial charge in [0.2, 0.25) is 4.90 Å². The van der Waals surface area contributed by atoms with E-state index in [1.54, 1.807) is 12.5 Å². The Morgan fingerprint density at radius 1 is 1.36 bits per heavy atom. The second kappa shape index (κ2) is 3.28. The summed E-state index contributed by atoms with van der Waals surface area (Å²) in [6, 6.07) is 1.83. The predicted octanol–water partition coefficient (Wildman–Crippen LogP) is 0.0899. The molecule has 3 aliphatic heterocycles. The molecule has 0 saturated carbocycles. The summed E-state index contributed by atoms with van der Waals surface area (Å²) in [6.45, 7) is 3.54. The van der Waals surface area contributed by atoms with Crippen molar-refractivity contribution in [2.75, 3.05) is 19.6 Å². The third-order valence-corrected chi connectivity index (χ3v) is 3.29. The van der Waals surface area contributed by atoms with E-state index >= 15 is 0 Å². The largest absolute Gasteiger partial charge is 0.299 e. The fraction of sp³-hybridized carbons (Fsp3) is 0.700. The van der Waals surface area contributed by atoms with Crippen LogP contribution in [0.15, 0.2) is 23.0 Å². The Labute approximate surface area is 83.0 Å². The molecule has 1 aromatic rings. The van der Waals surface area contributed by atoms with Crippen molar-refractivity contribution < 1.29 is 14.3 Å². The van der Waals surface area contributed by atoms with E-state index in [4.69, 9.17) is 9.36 Å². The lowest BCUT2D eigenvalue weighted by molar-refractivity contribution is -1.03. The number of hydrogen-bond acceptors (Lipinski definition) is 3. The first-order valence-corrected chi connectivity index (χ1v) is 5.27. The van der Waals surface area contributed by atoms with Crippen LogP contribution in [0.5, 0.6) is 0 Å². The molecule has 4 nitrogen and oxygen atoms in total. The van der Waals surface area contributed by atoms with E-state index in [1.807, 2.05) is 6.07 Å². The van der Waals surface area contributed by atoms with Crippen LogP contribution in [0.25, 0.3) is 0 Å². The van der Waals surface area contributed by atoms with Gasteiger partial charge in [-0.05, 0) is 25.9 Å². The summed E-state index contributed by atoms with van der Waals surface area (Å²) in [7, 11) is 0. The zero-order valence-electron chi connectivity index (χ0n) is 8.13. The first kappa shape index (κ1) is 8.29. The molecule has 0 unspecified atom stereocenters. The van der Waals surface area contributed by atoms with Gasteiger partial charge in [0.1, 0.15) is 0 Å². The van der Waals surface area contributed by atoms with Crippen LogP contribution in [0.1, 0.15) is 12.8 Å². The van der Waals surface area contributed by atoms with Crippen molar-refractivity contribution in [2.24, 2.45) is 5.92 Å². The summed E-state index contributed by atoms with van der Waals surface area (Å²) in [5, 5.41) is 0. The fourth-order valence-corrected chi connectivity index (χ4v) is 2.46. The maximum atomic E-state index is 5.74. The monoisotopic (exact) mass is 195 g/mol. The Hall–Kier alpha value is -1.03. The Morgan fingerprint density at radius 2 is 2.21 bits per heavy atom. The van der Waals surface area contributed by atoms with Gasteiger partial charge >= 0.3 is 0 Å². The summed E-state index contributed by atoms with van der Waals surface area (Å²) in [6.07, 6.45) is 6.28. The van der Waals surface area contributed by atoms with Gasteiger partial charge in [0.25, 0.3) is 6.20 Å². The topological polar surface area (TPSA) is 29.5 Å². The molecule has 3 fully saturated rings. The zero-order chi connectivity index (χ0) is 9.38. The van der Waals surface area contributed by atoms with E-state index in [0.717, 1.165) is 12.5 Å². The van der Waals surface area contributed by atoms with Crippen LogP contribution < -0.4 is 9.74 Å². The van der Waals surface area contributed by atoms with Gasteiger partial charge in [-0.15, -0.1) is 0 Å². The molecular weight excluding hydrogens is 180 g/mol. The Morgan fingerprint density at radius 3 is 2.79 bits per heavy atom. The van der Waals surface area contributed by atoms with Crippen LogP contribution in [-0.4, -0.2) is 30.6 Å². The van der Waals surface area contributed by atoms with Gasteiger partial charge in [-0.1, -0.05) is 0 Å². The molecule has 4 heterocycles. The minimum atomic E-state index is 0.314. The zero-order valence-corrected chi connectivity index (χ0v) is 8.13. The molecule has 3 saturated heterocycles. The smallest absolute Gasteiger partial charge is 0.280 e. The summed E-state index contributed by atoms with van der Waals surface area (Å²) >= 11 is 0. The predicted molar refractivity (Wildman–Crippen MR) is 48.4 cm³/mol. The molecule has 76 valence electrons. The first-order valence-electron chi connectivity index (χ1n) is 5.27. The second-order valence-corrected chi connectivity index (χ2v) is 4.15. The van der Waals surface area contributed by atoms with Crippen molar-refractivity contribution in [2.45, 2.75) is 18.9 Å². The summed E-state index contributed by atoms with van der Waals surface area (Å²) < 4.78 is 5.12. The fourth-order valence-electron chi connectivity index (χ4n) is 2.46. The number of aromatic nitrogens is 1. The van der Waals surface area contributed by atoms with Crippen molar-refractivity contribution in [3.8, 4) is 0 Å². The average molecular weight is 195 g/mol. The average Bonchev–Trinajstić information content (AvgIpc) is 2.72. The maximum absolute atomic E-state index is 5.74. The van der Waals surface area contributed by atoms with E-state index in [-0.39, 0.29) is 0 Å². The summed E-state index contributed by atoms with van der Waals surface area (Å²) in [4.78, 5) is 9.67. The van der Waals surface area contributed by atoms with Crippen molar-refractivity contribution in [1.82, 2.24) is 4.90 Å². The molecule has 0 aromatic carbocycles. The third kappa shape index (κ3) is 1.39. The van der Waals surface area contributed by atoms with E-state index in [9.17, 15) is 0 Å². The van der Waals surface area contributed by atoms with Crippen LogP contribution in [0.2, 0.25) is 0 Å². The van der Waals surface area contributed by atoms with Crippen molar-refractivity contribution >= 4 is 0 Å². The second-order valence-electron chi connectivity index (χ2n) is 4.15. The minimum Gasteiger partial charge on any atom is -0.299 e. The lowest BCUT2D eigenvalue weighted by Gasteiger charge is -2.41. The SMILES string of the molecule is c1co[n+](O[C@H]2CN3CCC2CC3)c1. The van der Waals surface area contributed by atoms with Crippen LogP contribution in [0.4, 0.5) is 0 Å². The van der Waals surface area contributed by atoms with E-state index in [2.05, 4.69) is 4.90 Å². The van der Waals surface area contributed by atoms with Crippen LogP contribution in [-0.2, 0) is 0 Å². The number of nitrogens with zero attached hydrogens (tertiary/aromatic N) is 2. The van der Waals surface area contributed by atoms with Gasteiger partial charge in [0.05, 0.1) is 6.07 Å². The van der Waals surface area contributed by atoms with Gasteiger partial charge in [0, 0.05) is 12.5 Å².